The number of carbonyl (C=O) groups excluding carboxylic acids is 4. The summed E-state index contributed by atoms with van der Waals surface area (Å²) < 4.78 is 5.59. The largest absolute Gasteiger partial charge is 0.494 e. The number of rotatable bonds is 6. The highest BCUT2D eigenvalue weighted by Crippen LogP contribution is 2.30. The van der Waals surface area contributed by atoms with Crippen molar-refractivity contribution in [2.75, 3.05) is 20.2 Å². The van der Waals surface area contributed by atoms with Gasteiger partial charge in [-0.05, 0) is 44.6 Å². The lowest BCUT2D eigenvalue weighted by Crippen LogP contribution is -2.54. The number of nitrogens with zero attached hydrogens (tertiary/aromatic N) is 1. The zero-order chi connectivity index (χ0) is 18.0. The molecule has 1 atom stereocenters. The van der Waals surface area contributed by atoms with Gasteiger partial charge in [-0.1, -0.05) is 0 Å². The second-order valence-corrected chi connectivity index (χ2v) is 5.96. The summed E-state index contributed by atoms with van der Waals surface area (Å²) in [6.07, 6.45) is 1.05. The predicted octanol–water partition coefficient (Wildman–Crippen LogP) is 0.0761. The van der Waals surface area contributed by atoms with E-state index < -0.39 is 29.7 Å². The van der Waals surface area contributed by atoms with Crippen LogP contribution in [0.15, 0.2) is 18.2 Å². The Morgan fingerprint density at radius 2 is 1.96 bits per heavy atom. The first-order valence-electron chi connectivity index (χ1n) is 8.16. The van der Waals surface area contributed by atoms with Crippen molar-refractivity contribution in [3.63, 3.8) is 0 Å². The molecule has 2 heterocycles. The van der Waals surface area contributed by atoms with Crippen LogP contribution in [0.1, 0.15) is 40.0 Å². The Morgan fingerprint density at radius 3 is 2.68 bits per heavy atom. The Labute approximate surface area is 144 Å². The van der Waals surface area contributed by atoms with Crippen molar-refractivity contribution in [1.82, 2.24) is 15.5 Å². The summed E-state index contributed by atoms with van der Waals surface area (Å²) in [7, 11) is 1.85. The van der Waals surface area contributed by atoms with Crippen LogP contribution in [0.3, 0.4) is 0 Å². The minimum Gasteiger partial charge on any atom is -0.494 e. The first-order chi connectivity index (χ1) is 12.0. The molecule has 1 saturated heterocycles. The number of nitrogens with one attached hydrogen (secondary N) is 2. The van der Waals surface area contributed by atoms with Gasteiger partial charge in [0, 0.05) is 6.42 Å². The van der Waals surface area contributed by atoms with Crippen molar-refractivity contribution in [1.29, 1.82) is 0 Å². The molecular weight excluding hydrogens is 326 g/mol. The highest BCUT2D eigenvalue weighted by atomic mass is 16.5. The molecule has 2 N–H and O–H groups in total. The highest BCUT2D eigenvalue weighted by molar-refractivity contribution is 6.23. The van der Waals surface area contributed by atoms with Gasteiger partial charge in [0.2, 0.25) is 11.8 Å². The number of carbonyl (C=O) groups is 4. The third kappa shape index (κ3) is 3.25. The van der Waals surface area contributed by atoms with E-state index in [4.69, 9.17) is 4.74 Å². The van der Waals surface area contributed by atoms with E-state index in [2.05, 4.69) is 10.6 Å². The lowest BCUT2D eigenvalue weighted by atomic mass is 10.0. The third-order valence-corrected chi connectivity index (χ3v) is 4.25. The fraction of sp³-hybridized carbons (Fsp3) is 0.412. The number of benzene rings is 1. The molecule has 8 heteroatoms. The maximum atomic E-state index is 12.6. The molecule has 25 heavy (non-hydrogen) atoms. The molecule has 4 amide bonds. The highest BCUT2D eigenvalue weighted by Gasteiger charge is 2.44. The van der Waals surface area contributed by atoms with Gasteiger partial charge >= 0.3 is 0 Å². The van der Waals surface area contributed by atoms with E-state index >= 15 is 0 Å². The molecule has 132 valence electrons. The average molecular weight is 345 g/mol. The molecule has 1 unspecified atom stereocenters. The molecule has 0 saturated carbocycles. The Kier molecular flexibility index (Phi) is 4.80. The molecule has 2 aliphatic rings. The van der Waals surface area contributed by atoms with Crippen molar-refractivity contribution >= 4 is 23.6 Å². The summed E-state index contributed by atoms with van der Waals surface area (Å²) in [6, 6.07) is 3.75. The summed E-state index contributed by atoms with van der Waals surface area (Å²) in [6.45, 7) is 1.30. The van der Waals surface area contributed by atoms with Gasteiger partial charge in [0.25, 0.3) is 11.8 Å². The standard InChI is InChI=1S/C17H19N3O5/c1-18-7-2-8-25-10-3-4-11-12(9-10)17(24)20(16(11)23)13-5-6-14(21)19-15(13)22/h3-4,9,13,18H,2,5-8H2,1H3,(H,19,21,22). The van der Waals surface area contributed by atoms with E-state index in [0.29, 0.717) is 12.4 Å². The summed E-state index contributed by atoms with van der Waals surface area (Å²) in [5.41, 5.74) is 0.470. The van der Waals surface area contributed by atoms with Crippen LogP contribution < -0.4 is 15.4 Å². The van der Waals surface area contributed by atoms with E-state index in [1.165, 1.54) is 12.1 Å². The van der Waals surface area contributed by atoms with Gasteiger partial charge < -0.3 is 10.1 Å². The molecule has 2 aliphatic heterocycles. The Balaban J connectivity index is 1.77. The van der Waals surface area contributed by atoms with E-state index in [-0.39, 0.29) is 24.0 Å². The molecule has 0 aromatic heterocycles. The first kappa shape index (κ1) is 17.1. The zero-order valence-electron chi connectivity index (χ0n) is 13.8. The van der Waals surface area contributed by atoms with Crippen molar-refractivity contribution in [2.24, 2.45) is 0 Å². The Hall–Kier alpha value is -2.74. The third-order valence-electron chi connectivity index (χ3n) is 4.25. The number of amides is 4. The number of hydrogen-bond donors (Lipinski definition) is 2. The van der Waals surface area contributed by atoms with Crippen LogP contribution in [0.2, 0.25) is 0 Å². The van der Waals surface area contributed by atoms with E-state index in [0.717, 1.165) is 17.9 Å². The normalized spacial score (nSPS) is 19.9. The average Bonchev–Trinajstić information content (AvgIpc) is 2.83. The molecule has 1 fully saturated rings. The van der Waals surface area contributed by atoms with E-state index in [1.54, 1.807) is 6.07 Å². The zero-order valence-corrected chi connectivity index (χ0v) is 13.8. The molecular formula is C17H19N3O5. The van der Waals surface area contributed by atoms with E-state index in [9.17, 15) is 19.2 Å². The quantitative estimate of drug-likeness (QED) is 0.559. The molecule has 1 aromatic carbocycles. The van der Waals surface area contributed by atoms with Gasteiger partial charge in [0.1, 0.15) is 11.8 Å². The Bertz CT molecular complexity index is 746. The van der Waals surface area contributed by atoms with Gasteiger partial charge in [-0.2, -0.15) is 0 Å². The van der Waals surface area contributed by atoms with Crippen molar-refractivity contribution in [3.8, 4) is 5.75 Å². The van der Waals surface area contributed by atoms with Gasteiger partial charge in [-0.15, -0.1) is 0 Å². The van der Waals surface area contributed by atoms with Gasteiger partial charge in [-0.3, -0.25) is 29.4 Å². The van der Waals surface area contributed by atoms with Crippen LogP contribution in [0.25, 0.3) is 0 Å². The fourth-order valence-electron chi connectivity index (χ4n) is 2.98. The number of fused-ring (bicyclic) bond motifs is 1. The lowest BCUT2D eigenvalue weighted by molar-refractivity contribution is -0.136. The van der Waals surface area contributed by atoms with Gasteiger partial charge in [-0.25, -0.2) is 0 Å². The number of imide groups is 2. The SMILES string of the molecule is CNCCCOc1ccc2c(c1)C(=O)N(C1CCC(=O)NC1=O)C2=O. The Morgan fingerprint density at radius 1 is 1.20 bits per heavy atom. The minimum absolute atomic E-state index is 0.101. The first-order valence-corrected chi connectivity index (χ1v) is 8.16. The van der Waals surface area contributed by atoms with Crippen molar-refractivity contribution < 1.29 is 23.9 Å². The van der Waals surface area contributed by atoms with Crippen LogP contribution in [-0.4, -0.2) is 54.8 Å². The van der Waals surface area contributed by atoms with Crippen molar-refractivity contribution in [3.05, 3.63) is 29.3 Å². The maximum Gasteiger partial charge on any atom is 0.262 e. The number of piperidine rings is 1. The topological polar surface area (TPSA) is 105 Å². The molecule has 1 aromatic rings. The smallest absolute Gasteiger partial charge is 0.262 e. The molecule has 8 nitrogen and oxygen atoms in total. The summed E-state index contributed by atoms with van der Waals surface area (Å²) in [5, 5.41) is 5.18. The molecule has 0 bridgehead atoms. The summed E-state index contributed by atoms with van der Waals surface area (Å²) in [5.74, 6) is -1.56. The van der Waals surface area contributed by atoms with Gasteiger partial charge in [0.15, 0.2) is 0 Å². The van der Waals surface area contributed by atoms with Crippen molar-refractivity contribution in [2.45, 2.75) is 25.3 Å². The van der Waals surface area contributed by atoms with Crippen LogP contribution in [0.4, 0.5) is 0 Å². The maximum absolute atomic E-state index is 12.6. The number of hydrogen-bond acceptors (Lipinski definition) is 6. The second-order valence-electron chi connectivity index (χ2n) is 5.96. The van der Waals surface area contributed by atoms with Gasteiger partial charge in [0.05, 0.1) is 17.7 Å². The predicted molar refractivity (Wildman–Crippen MR) is 87.2 cm³/mol. The van der Waals surface area contributed by atoms with E-state index in [1.807, 2.05) is 7.05 Å². The summed E-state index contributed by atoms with van der Waals surface area (Å²) >= 11 is 0. The molecule has 3 rings (SSSR count). The molecule has 0 spiro atoms. The second kappa shape index (κ2) is 7.02. The fourth-order valence-corrected chi connectivity index (χ4v) is 2.98. The van der Waals surface area contributed by atoms with Crippen LogP contribution in [0.5, 0.6) is 5.75 Å². The molecule has 0 aliphatic carbocycles. The molecule has 0 radical (unpaired) electrons. The van der Waals surface area contributed by atoms with Crippen LogP contribution in [-0.2, 0) is 9.59 Å². The van der Waals surface area contributed by atoms with Crippen LogP contribution in [0, 0.1) is 0 Å². The minimum atomic E-state index is -0.954. The lowest BCUT2D eigenvalue weighted by Gasteiger charge is -2.27. The monoisotopic (exact) mass is 345 g/mol. The number of ether oxygens (including phenoxy) is 1. The van der Waals surface area contributed by atoms with Crippen LogP contribution >= 0.6 is 0 Å². The summed E-state index contributed by atoms with van der Waals surface area (Å²) in [4.78, 5) is 49.4.